The van der Waals surface area contributed by atoms with Crippen molar-refractivity contribution in [1.29, 1.82) is 0 Å². The van der Waals surface area contributed by atoms with E-state index in [1.165, 1.54) is 12.8 Å². The summed E-state index contributed by atoms with van der Waals surface area (Å²) < 4.78 is 5.59. The van der Waals surface area contributed by atoms with Gasteiger partial charge in [0.1, 0.15) is 11.6 Å². The Bertz CT molecular complexity index is 833. The first-order valence-electron chi connectivity index (χ1n) is 10.6. The van der Waals surface area contributed by atoms with E-state index >= 15 is 0 Å². The normalized spacial score (nSPS) is 13.2. The van der Waals surface area contributed by atoms with Crippen LogP contribution in [0.3, 0.4) is 0 Å². The van der Waals surface area contributed by atoms with E-state index in [4.69, 9.17) is 4.74 Å². The SMILES string of the molecule is CCCCOc1ccc(C(=O)NCC(=O)NCc2ccnc(N3CCCC3)c2)cc1. The Morgan fingerprint density at radius 1 is 1.10 bits per heavy atom. The van der Waals surface area contributed by atoms with Crippen LogP contribution in [0.5, 0.6) is 5.75 Å². The van der Waals surface area contributed by atoms with E-state index in [0.717, 1.165) is 43.1 Å². The average Bonchev–Trinajstić information content (AvgIpc) is 3.32. The van der Waals surface area contributed by atoms with Crippen molar-refractivity contribution in [3.63, 3.8) is 0 Å². The van der Waals surface area contributed by atoms with Crippen LogP contribution >= 0.6 is 0 Å². The molecule has 0 unspecified atom stereocenters. The standard InChI is InChI=1S/C23H30N4O3/c1-2-3-14-30-20-8-6-19(7-9-20)23(29)26-17-22(28)25-16-18-10-11-24-21(15-18)27-12-4-5-13-27/h6-11,15H,2-5,12-14,16-17H2,1H3,(H,25,28)(H,26,29). The number of hydrogen-bond donors (Lipinski definition) is 2. The average molecular weight is 411 g/mol. The van der Waals surface area contributed by atoms with Crippen LogP contribution in [0.2, 0.25) is 0 Å². The quantitative estimate of drug-likeness (QED) is 0.589. The van der Waals surface area contributed by atoms with Crippen molar-refractivity contribution < 1.29 is 14.3 Å². The van der Waals surface area contributed by atoms with Crippen LogP contribution in [0, 0.1) is 0 Å². The van der Waals surface area contributed by atoms with Crippen LogP contribution in [-0.2, 0) is 11.3 Å². The molecule has 2 aromatic rings. The third-order valence-electron chi connectivity index (χ3n) is 5.02. The van der Waals surface area contributed by atoms with Crippen LogP contribution in [-0.4, -0.2) is 43.0 Å². The van der Waals surface area contributed by atoms with Crippen molar-refractivity contribution in [2.75, 3.05) is 31.1 Å². The predicted octanol–water partition coefficient (Wildman–Crippen LogP) is 2.91. The van der Waals surface area contributed by atoms with Crippen molar-refractivity contribution in [1.82, 2.24) is 15.6 Å². The summed E-state index contributed by atoms with van der Waals surface area (Å²) in [4.78, 5) is 31.0. The minimum Gasteiger partial charge on any atom is -0.494 e. The number of nitrogens with zero attached hydrogens (tertiary/aromatic N) is 2. The lowest BCUT2D eigenvalue weighted by molar-refractivity contribution is -0.120. The van der Waals surface area contributed by atoms with Gasteiger partial charge in [-0.2, -0.15) is 0 Å². The third-order valence-corrected chi connectivity index (χ3v) is 5.02. The van der Waals surface area contributed by atoms with E-state index in [9.17, 15) is 9.59 Å². The Balaban J connectivity index is 1.41. The number of carbonyl (C=O) groups excluding carboxylic acids is 2. The number of ether oxygens (including phenoxy) is 1. The molecule has 0 aliphatic carbocycles. The third kappa shape index (κ3) is 6.47. The van der Waals surface area contributed by atoms with E-state index in [0.29, 0.717) is 18.7 Å². The lowest BCUT2D eigenvalue weighted by atomic mass is 10.2. The molecular weight excluding hydrogens is 380 g/mol. The van der Waals surface area contributed by atoms with Crippen LogP contribution in [0.4, 0.5) is 5.82 Å². The van der Waals surface area contributed by atoms with Gasteiger partial charge < -0.3 is 20.3 Å². The molecule has 0 atom stereocenters. The lowest BCUT2D eigenvalue weighted by Crippen LogP contribution is -2.36. The number of rotatable bonds is 10. The summed E-state index contributed by atoms with van der Waals surface area (Å²) in [6.45, 7) is 5.16. The highest BCUT2D eigenvalue weighted by molar-refractivity contribution is 5.96. The minimum atomic E-state index is -0.287. The molecule has 1 fully saturated rings. The highest BCUT2D eigenvalue weighted by atomic mass is 16.5. The van der Waals surface area contributed by atoms with Crippen LogP contribution in [0.1, 0.15) is 48.5 Å². The molecule has 1 saturated heterocycles. The molecule has 2 heterocycles. The molecule has 1 aromatic carbocycles. The summed E-state index contributed by atoms with van der Waals surface area (Å²) in [6.07, 6.45) is 6.22. The maximum Gasteiger partial charge on any atom is 0.251 e. The molecule has 1 aliphatic rings. The molecule has 3 rings (SSSR count). The topological polar surface area (TPSA) is 83.6 Å². The Kier molecular flexibility index (Phi) is 8.06. The van der Waals surface area contributed by atoms with Crippen molar-refractivity contribution in [3.8, 4) is 5.75 Å². The number of anilines is 1. The van der Waals surface area contributed by atoms with Gasteiger partial charge in [0.2, 0.25) is 5.91 Å². The molecule has 30 heavy (non-hydrogen) atoms. The van der Waals surface area contributed by atoms with Gasteiger partial charge in [-0.3, -0.25) is 9.59 Å². The number of amides is 2. The van der Waals surface area contributed by atoms with Gasteiger partial charge in [-0.25, -0.2) is 4.98 Å². The Labute approximate surface area is 177 Å². The van der Waals surface area contributed by atoms with Crippen molar-refractivity contribution >= 4 is 17.6 Å². The zero-order valence-corrected chi connectivity index (χ0v) is 17.5. The largest absolute Gasteiger partial charge is 0.494 e. The summed E-state index contributed by atoms with van der Waals surface area (Å²) in [7, 11) is 0. The van der Waals surface area contributed by atoms with E-state index in [-0.39, 0.29) is 18.4 Å². The maximum atomic E-state index is 12.2. The Morgan fingerprint density at radius 3 is 2.60 bits per heavy atom. The van der Waals surface area contributed by atoms with Gasteiger partial charge >= 0.3 is 0 Å². The number of nitrogens with one attached hydrogen (secondary N) is 2. The highest BCUT2D eigenvalue weighted by Crippen LogP contribution is 2.18. The molecular formula is C23H30N4O3. The van der Waals surface area contributed by atoms with Gasteiger partial charge in [-0.05, 0) is 61.2 Å². The first kappa shape index (κ1) is 21.6. The lowest BCUT2D eigenvalue weighted by Gasteiger charge is -2.17. The van der Waals surface area contributed by atoms with Crippen LogP contribution in [0.25, 0.3) is 0 Å². The summed E-state index contributed by atoms with van der Waals surface area (Å²) >= 11 is 0. The second-order valence-electron chi connectivity index (χ2n) is 7.40. The number of benzene rings is 1. The Morgan fingerprint density at radius 2 is 1.87 bits per heavy atom. The summed E-state index contributed by atoms with van der Waals surface area (Å²) in [6, 6.07) is 10.8. The number of hydrogen-bond acceptors (Lipinski definition) is 5. The minimum absolute atomic E-state index is 0.0718. The fourth-order valence-electron chi connectivity index (χ4n) is 3.25. The summed E-state index contributed by atoms with van der Waals surface area (Å²) in [5.41, 5.74) is 1.49. The molecule has 0 bridgehead atoms. The molecule has 2 amide bonds. The van der Waals surface area contributed by atoms with Gasteiger partial charge in [0.25, 0.3) is 5.91 Å². The number of unbranched alkanes of at least 4 members (excludes halogenated alkanes) is 1. The molecule has 0 saturated carbocycles. The fraction of sp³-hybridized carbons (Fsp3) is 0.435. The highest BCUT2D eigenvalue weighted by Gasteiger charge is 2.14. The second kappa shape index (κ2) is 11.2. The van der Waals surface area contributed by atoms with E-state index < -0.39 is 0 Å². The van der Waals surface area contributed by atoms with Crippen LogP contribution < -0.4 is 20.3 Å². The van der Waals surface area contributed by atoms with Gasteiger partial charge in [-0.15, -0.1) is 0 Å². The van der Waals surface area contributed by atoms with E-state index in [2.05, 4.69) is 27.4 Å². The smallest absolute Gasteiger partial charge is 0.251 e. The van der Waals surface area contributed by atoms with Gasteiger partial charge in [-0.1, -0.05) is 13.3 Å². The molecule has 160 valence electrons. The molecule has 0 spiro atoms. The van der Waals surface area contributed by atoms with Crippen molar-refractivity contribution in [2.24, 2.45) is 0 Å². The number of pyridine rings is 1. The molecule has 1 aliphatic heterocycles. The van der Waals surface area contributed by atoms with Crippen molar-refractivity contribution in [2.45, 2.75) is 39.2 Å². The zero-order chi connectivity index (χ0) is 21.2. The fourth-order valence-corrected chi connectivity index (χ4v) is 3.25. The molecule has 0 radical (unpaired) electrons. The van der Waals surface area contributed by atoms with E-state index in [1.54, 1.807) is 30.5 Å². The van der Waals surface area contributed by atoms with Gasteiger partial charge in [0.15, 0.2) is 0 Å². The number of carbonyl (C=O) groups is 2. The molecule has 2 N–H and O–H groups in total. The van der Waals surface area contributed by atoms with Gasteiger partial charge in [0.05, 0.1) is 13.2 Å². The summed E-state index contributed by atoms with van der Waals surface area (Å²) in [5, 5.41) is 5.49. The number of aromatic nitrogens is 1. The second-order valence-corrected chi connectivity index (χ2v) is 7.40. The predicted molar refractivity (Wildman–Crippen MR) is 117 cm³/mol. The summed E-state index contributed by atoms with van der Waals surface area (Å²) in [5.74, 6) is 1.17. The van der Waals surface area contributed by atoms with Crippen LogP contribution in [0.15, 0.2) is 42.6 Å². The maximum absolute atomic E-state index is 12.2. The van der Waals surface area contributed by atoms with E-state index in [1.807, 2.05) is 12.1 Å². The van der Waals surface area contributed by atoms with Gasteiger partial charge in [0, 0.05) is 31.4 Å². The first-order valence-corrected chi connectivity index (χ1v) is 10.6. The van der Waals surface area contributed by atoms with Crippen molar-refractivity contribution in [3.05, 3.63) is 53.7 Å². The molecule has 1 aromatic heterocycles. The first-order chi connectivity index (χ1) is 14.7. The molecule has 7 nitrogen and oxygen atoms in total. The molecule has 7 heteroatoms. The monoisotopic (exact) mass is 410 g/mol. The Hall–Kier alpha value is -3.09. The zero-order valence-electron chi connectivity index (χ0n) is 17.5.